The number of phosphoric ester groups is 1. The normalized spacial score (nSPS) is 14.4. The Kier molecular flexibility index (Phi) is 30.8. The number of allylic oxidation sites excluding steroid dienone is 5. The van der Waals surface area contributed by atoms with E-state index in [-0.39, 0.29) is 25.9 Å². The SMILES string of the molecule is CCCCC/C=C\C[C@H](O)/C=C/C=C/C=C\[C@H](O)CCCC(=O)O[C@H](COC(=O)CCCCCCCCCCCCC)COP(=O)(O)O. The second kappa shape index (κ2) is 32.2. The van der Waals surface area contributed by atoms with Crippen molar-refractivity contribution in [2.45, 2.75) is 161 Å². The molecule has 0 aromatic rings. The summed E-state index contributed by atoms with van der Waals surface area (Å²) in [6.07, 6.45) is 30.4. The number of carbonyl (C=O) groups is 2. The third-order valence-electron chi connectivity index (χ3n) is 7.54. The minimum Gasteiger partial charge on any atom is -0.462 e. The largest absolute Gasteiger partial charge is 0.469 e. The maximum absolute atomic E-state index is 12.3. The summed E-state index contributed by atoms with van der Waals surface area (Å²) in [5, 5.41) is 20.1. The molecule has 0 amide bonds. The van der Waals surface area contributed by atoms with Gasteiger partial charge in [-0.2, -0.15) is 0 Å². The Balaban J connectivity index is 4.30. The summed E-state index contributed by atoms with van der Waals surface area (Å²) in [5.41, 5.74) is 0. The quantitative estimate of drug-likeness (QED) is 0.0177. The molecule has 0 bridgehead atoms. The number of ether oxygens (including phenoxy) is 2. The highest BCUT2D eigenvalue weighted by Gasteiger charge is 2.23. The molecule has 4 N–H and O–H groups in total. The van der Waals surface area contributed by atoms with Gasteiger partial charge in [0, 0.05) is 12.8 Å². The molecule has 0 spiro atoms. The van der Waals surface area contributed by atoms with E-state index in [0.717, 1.165) is 25.7 Å². The van der Waals surface area contributed by atoms with Crippen LogP contribution in [-0.4, -0.2) is 63.5 Å². The zero-order valence-electron chi connectivity index (χ0n) is 29.6. The summed E-state index contributed by atoms with van der Waals surface area (Å²) in [6, 6.07) is 0. The molecule has 0 saturated heterocycles. The molecule has 11 heteroatoms. The van der Waals surface area contributed by atoms with Gasteiger partial charge in [0.2, 0.25) is 0 Å². The maximum Gasteiger partial charge on any atom is 0.469 e. The van der Waals surface area contributed by atoms with Crippen molar-refractivity contribution in [1.29, 1.82) is 0 Å². The summed E-state index contributed by atoms with van der Waals surface area (Å²) < 4.78 is 26.1. The van der Waals surface area contributed by atoms with Crippen LogP contribution in [-0.2, 0) is 28.2 Å². The zero-order valence-corrected chi connectivity index (χ0v) is 30.5. The van der Waals surface area contributed by atoms with E-state index in [9.17, 15) is 24.4 Å². The predicted molar refractivity (Wildman–Crippen MR) is 191 cm³/mol. The first-order valence-corrected chi connectivity index (χ1v) is 19.7. The Morgan fingerprint density at radius 3 is 1.79 bits per heavy atom. The molecule has 0 radical (unpaired) electrons. The number of aliphatic hydroxyl groups excluding tert-OH is 2. The van der Waals surface area contributed by atoms with Crippen molar-refractivity contribution in [1.82, 2.24) is 0 Å². The average molecular weight is 701 g/mol. The van der Waals surface area contributed by atoms with E-state index in [1.54, 1.807) is 36.5 Å². The van der Waals surface area contributed by atoms with Crippen LogP contribution in [0.2, 0.25) is 0 Å². The topological polar surface area (TPSA) is 160 Å². The van der Waals surface area contributed by atoms with Gasteiger partial charge >= 0.3 is 19.8 Å². The van der Waals surface area contributed by atoms with Crippen molar-refractivity contribution in [3.05, 3.63) is 48.6 Å². The van der Waals surface area contributed by atoms with E-state index in [2.05, 4.69) is 24.4 Å². The van der Waals surface area contributed by atoms with Gasteiger partial charge in [0.25, 0.3) is 0 Å². The van der Waals surface area contributed by atoms with Gasteiger partial charge in [0.1, 0.15) is 6.61 Å². The average Bonchev–Trinajstić information content (AvgIpc) is 3.04. The number of phosphoric acid groups is 1. The highest BCUT2D eigenvalue weighted by Crippen LogP contribution is 2.36. The monoisotopic (exact) mass is 700 g/mol. The van der Waals surface area contributed by atoms with Crippen LogP contribution >= 0.6 is 7.82 Å². The standard InChI is InChI=1S/C37H65O10P/c1-3-5-7-9-11-12-13-14-15-17-23-29-36(40)45-31-35(32-46-48(42,43)44)47-37(41)30-24-28-34(39)27-22-19-18-21-26-33(38)25-20-16-10-8-6-4-2/h16,18-22,26-27,33-35,38-39H,3-15,17,23-25,28-32H2,1-2H3,(H2,42,43,44)/b19-18+,20-16-,26-21+,27-22-/t33-,34-,35+/m0/s1. The highest BCUT2D eigenvalue weighted by molar-refractivity contribution is 7.46. The van der Waals surface area contributed by atoms with E-state index >= 15 is 0 Å². The van der Waals surface area contributed by atoms with Crippen molar-refractivity contribution in [2.75, 3.05) is 13.2 Å². The minimum absolute atomic E-state index is 0.0481. The molecule has 48 heavy (non-hydrogen) atoms. The van der Waals surface area contributed by atoms with Gasteiger partial charge in [-0.05, 0) is 38.5 Å². The Morgan fingerprint density at radius 2 is 1.19 bits per heavy atom. The fourth-order valence-corrected chi connectivity index (χ4v) is 5.10. The number of carbonyl (C=O) groups excluding carboxylic acids is 2. The molecular weight excluding hydrogens is 635 g/mol. The van der Waals surface area contributed by atoms with E-state index in [1.165, 1.54) is 64.2 Å². The summed E-state index contributed by atoms with van der Waals surface area (Å²) in [6.45, 7) is 3.38. The molecule has 0 unspecified atom stereocenters. The lowest BCUT2D eigenvalue weighted by molar-refractivity contribution is -0.161. The van der Waals surface area contributed by atoms with E-state index in [1.807, 2.05) is 6.08 Å². The number of aliphatic hydroxyl groups is 2. The summed E-state index contributed by atoms with van der Waals surface area (Å²) in [5.74, 6) is -1.13. The van der Waals surface area contributed by atoms with Crippen LogP contribution in [0.15, 0.2) is 48.6 Å². The first kappa shape index (κ1) is 45.9. The first-order valence-electron chi connectivity index (χ1n) is 18.1. The van der Waals surface area contributed by atoms with Gasteiger partial charge in [0.15, 0.2) is 6.10 Å². The van der Waals surface area contributed by atoms with Gasteiger partial charge in [-0.15, -0.1) is 0 Å². The molecule has 0 saturated carbocycles. The summed E-state index contributed by atoms with van der Waals surface area (Å²) >= 11 is 0. The van der Waals surface area contributed by atoms with E-state index in [0.29, 0.717) is 19.3 Å². The van der Waals surface area contributed by atoms with Gasteiger partial charge in [-0.3, -0.25) is 14.1 Å². The first-order chi connectivity index (χ1) is 23.1. The number of esters is 2. The highest BCUT2D eigenvalue weighted by atomic mass is 31.2. The molecule has 0 fully saturated rings. The van der Waals surface area contributed by atoms with Crippen molar-refractivity contribution in [2.24, 2.45) is 0 Å². The molecule has 10 nitrogen and oxygen atoms in total. The lowest BCUT2D eigenvalue weighted by atomic mass is 10.1. The molecule has 0 heterocycles. The summed E-state index contributed by atoms with van der Waals surface area (Å²) in [7, 11) is -4.82. The molecule has 0 rings (SSSR count). The van der Waals surface area contributed by atoms with Crippen molar-refractivity contribution in [3.63, 3.8) is 0 Å². The number of hydrogen-bond donors (Lipinski definition) is 4. The Hall–Kier alpha value is -2.07. The lowest BCUT2D eigenvalue weighted by Crippen LogP contribution is -2.29. The lowest BCUT2D eigenvalue weighted by Gasteiger charge is -2.18. The third-order valence-corrected chi connectivity index (χ3v) is 8.03. The van der Waals surface area contributed by atoms with Gasteiger partial charge in [-0.1, -0.05) is 140 Å². The van der Waals surface area contributed by atoms with Crippen LogP contribution in [0.3, 0.4) is 0 Å². The fraction of sp³-hybridized carbons (Fsp3) is 0.730. The van der Waals surface area contributed by atoms with Crippen LogP contribution in [0.5, 0.6) is 0 Å². The molecule has 0 aromatic heterocycles. The van der Waals surface area contributed by atoms with Crippen LogP contribution in [0.4, 0.5) is 0 Å². The van der Waals surface area contributed by atoms with Gasteiger partial charge in [-0.25, -0.2) is 4.57 Å². The van der Waals surface area contributed by atoms with Crippen molar-refractivity contribution >= 4 is 19.8 Å². The molecular formula is C37H65O10P. The van der Waals surface area contributed by atoms with Gasteiger partial charge in [0.05, 0.1) is 18.8 Å². The van der Waals surface area contributed by atoms with Crippen LogP contribution < -0.4 is 0 Å². The van der Waals surface area contributed by atoms with Gasteiger partial charge < -0.3 is 29.5 Å². The maximum atomic E-state index is 12.3. The molecule has 3 atom stereocenters. The van der Waals surface area contributed by atoms with Crippen molar-refractivity contribution < 1.29 is 48.2 Å². The van der Waals surface area contributed by atoms with Crippen LogP contribution in [0.1, 0.15) is 142 Å². The number of hydrogen-bond acceptors (Lipinski definition) is 8. The molecule has 0 aliphatic heterocycles. The Labute approximate surface area is 290 Å². The van der Waals surface area contributed by atoms with Crippen molar-refractivity contribution in [3.8, 4) is 0 Å². The minimum atomic E-state index is -4.82. The third kappa shape index (κ3) is 33.8. The predicted octanol–water partition coefficient (Wildman–Crippen LogP) is 8.34. The van der Waals surface area contributed by atoms with Crippen LogP contribution in [0.25, 0.3) is 0 Å². The number of unbranched alkanes of at least 4 members (excludes halogenated alkanes) is 13. The molecule has 0 aliphatic rings. The fourth-order valence-electron chi connectivity index (χ4n) is 4.74. The number of rotatable bonds is 32. The van der Waals surface area contributed by atoms with Crippen LogP contribution in [0, 0.1) is 0 Å². The molecule has 0 aliphatic carbocycles. The molecule has 0 aromatic carbocycles. The zero-order chi connectivity index (χ0) is 35.7. The van der Waals surface area contributed by atoms with E-state index < -0.39 is 44.7 Å². The molecule has 278 valence electrons. The second-order valence-electron chi connectivity index (χ2n) is 12.3. The summed E-state index contributed by atoms with van der Waals surface area (Å²) in [4.78, 5) is 42.6. The Morgan fingerprint density at radius 1 is 0.646 bits per heavy atom. The smallest absolute Gasteiger partial charge is 0.462 e. The van der Waals surface area contributed by atoms with E-state index in [4.69, 9.17) is 19.3 Å². The Bertz CT molecular complexity index is 956. The second-order valence-corrected chi connectivity index (χ2v) is 13.5.